The molecule has 0 spiro atoms. The van der Waals surface area contributed by atoms with Gasteiger partial charge < -0.3 is 10.2 Å². The highest BCUT2D eigenvalue weighted by molar-refractivity contribution is 6.16. The Hall–Kier alpha value is -1.61. The van der Waals surface area contributed by atoms with Crippen LogP contribution < -0.4 is 0 Å². The summed E-state index contributed by atoms with van der Waals surface area (Å²) in [5.41, 5.74) is 1.71. The van der Waals surface area contributed by atoms with Crippen molar-refractivity contribution >= 4 is 11.5 Å². The lowest BCUT2D eigenvalue weighted by Gasteiger charge is -2.20. The van der Waals surface area contributed by atoms with Crippen LogP contribution in [0.5, 0.6) is 0 Å². The van der Waals surface area contributed by atoms with E-state index in [1.807, 2.05) is 30.3 Å². The molecule has 0 bridgehead atoms. The molecular formula is C20H28O3. The van der Waals surface area contributed by atoms with Crippen molar-refractivity contribution in [3.63, 3.8) is 0 Å². The van der Waals surface area contributed by atoms with Gasteiger partial charge in [0, 0.05) is 0 Å². The molecule has 0 heterocycles. The average molecular weight is 316 g/mol. The van der Waals surface area contributed by atoms with E-state index in [9.17, 15) is 15.0 Å². The zero-order chi connectivity index (χ0) is 16.5. The van der Waals surface area contributed by atoms with Crippen molar-refractivity contribution in [1.82, 2.24) is 0 Å². The summed E-state index contributed by atoms with van der Waals surface area (Å²) in [7, 11) is 0. The van der Waals surface area contributed by atoms with Crippen LogP contribution in [0, 0.1) is 0 Å². The van der Waals surface area contributed by atoms with Gasteiger partial charge in [-0.25, -0.2) is 4.79 Å². The first kappa shape index (κ1) is 17.7. The lowest BCUT2D eigenvalue weighted by Crippen LogP contribution is -2.16. The Kier molecular flexibility index (Phi) is 7.34. The molecule has 0 radical (unpaired) electrons. The molecule has 1 atom stereocenters. The Morgan fingerprint density at radius 1 is 0.870 bits per heavy atom. The second-order valence-corrected chi connectivity index (χ2v) is 6.45. The van der Waals surface area contributed by atoms with Gasteiger partial charge in [-0.1, -0.05) is 75.3 Å². The number of aliphatic carboxylic acids is 1. The van der Waals surface area contributed by atoms with Crippen LogP contribution in [-0.4, -0.2) is 22.3 Å². The van der Waals surface area contributed by atoms with E-state index in [0.717, 1.165) is 25.7 Å². The van der Waals surface area contributed by atoms with Crippen LogP contribution in [0.25, 0.3) is 5.57 Å². The van der Waals surface area contributed by atoms with E-state index in [4.69, 9.17) is 0 Å². The molecule has 1 saturated carbocycles. The monoisotopic (exact) mass is 316 g/mol. The normalized spacial score (nSPS) is 23.4. The molecular weight excluding hydrogens is 288 g/mol. The number of carboxylic acid groups (broad SMARTS) is 1. The number of hydrogen-bond acceptors (Lipinski definition) is 2. The van der Waals surface area contributed by atoms with Crippen LogP contribution in [0.15, 0.2) is 35.9 Å². The SMILES string of the molecule is O=C(O)/C(=C1/CCCCCCCCCCC1O)c1ccccc1. The average Bonchev–Trinajstić information content (AvgIpc) is 2.54. The number of aliphatic hydroxyl groups is 1. The van der Waals surface area contributed by atoms with Crippen molar-refractivity contribution < 1.29 is 15.0 Å². The van der Waals surface area contributed by atoms with Gasteiger partial charge in [-0.3, -0.25) is 0 Å². The van der Waals surface area contributed by atoms with Gasteiger partial charge >= 0.3 is 5.97 Å². The summed E-state index contributed by atoms with van der Waals surface area (Å²) in [5, 5.41) is 20.3. The number of hydrogen-bond donors (Lipinski definition) is 2. The molecule has 3 nitrogen and oxygen atoms in total. The van der Waals surface area contributed by atoms with E-state index in [2.05, 4.69) is 0 Å². The Morgan fingerprint density at radius 2 is 1.43 bits per heavy atom. The predicted octanol–water partition coefficient (Wildman–Crippen LogP) is 4.80. The molecule has 1 aliphatic rings. The van der Waals surface area contributed by atoms with Crippen LogP contribution >= 0.6 is 0 Å². The van der Waals surface area contributed by atoms with E-state index in [1.165, 1.54) is 25.7 Å². The van der Waals surface area contributed by atoms with Crippen LogP contribution in [0.3, 0.4) is 0 Å². The minimum atomic E-state index is -0.933. The molecule has 2 N–H and O–H groups in total. The fourth-order valence-electron chi connectivity index (χ4n) is 3.40. The largest absolute Gasteiger partial charge is 0.478 e. The molecule has 0 saturated heterocycles. The molecule has 1 aromatic carbocycles. The zero-order valence-corrected chi connectivity index (χ0v) is 13.8. The molecule has 1 fully saturated rings. The summed E-state index contributed by atoms with van der Waals surface area (Å²) in [6.45, 7) is 0. The molecule has 1 aliphatic carbocycles. The molecule has 1 aromatic rings. The van der Waals surface area contributed by atoms with Gasteiger partial charge in [-0.05, 0) is 30.4 Å². The van der Waals surface area contributed by atoms with Crippen molar-refractivity contribution in [2.24, 2.45) is 0 Å². The summed E-state index contributed by atoms with van der Waals surface area (Å²) >= 11 is 0. The van der Waals surface area contributed by atoms with Gasteiger partial charge in [0.05, 0.1) is 11.7 Å². The van der Waals surface area contributed by atoms with Gasteiger partial charge in [0.15, 0.2) is 0 Å². The molecule has 126 valence electrons. The molecule has 1 unspecified atom stereocenters. The van der Waals surface area contributed by atoms with E-state index in [-0.39, 0.29) is 0 Å². The molecule has 0 amide bonds. The number of benzene rings is 1. The topological polar surface area (TPSA) is 57.5 Å². The summed E-state index contributed by atoms with van der Waals surface area (Å²) in [5.74, 6) is -0.933. The second kappa shape index (κ2) is 9.51. The van der Waals surface area contributed by atoms with Crippen molar-refractivity contribution in [1.29, 1.82) is 0 Å². The third-order valence-electron chi connectivity index (χ3n) is 4.67. The van der Waals surface area contributed by atoms with Crippen molar-refractivity contribution in [3.05, 3.63) is 41.5 Å². The van der Waals surface area contributed by atoms with Crippen LogP contribution in [-0.2, 0) is 4.79 Å². The summed E-state index contributed by atoms with van der Waals surface area (Å²) in [6, 6.07) is 9.21. The standard InChI is InChI=1S/C20H28O3/c21-18-15-11-6-4-2-1-3-5-10-14-17(18)19(20(22)23)16-12-8-7-9-13-16/h7-9,12-13,18,21H,1-6,10-11,14-15H2,(H,22,23)/b19-17-. The quantitative estimate of drug-likeness (QED) is 0.770. The van der Waals surface area contributed by atoms with Crippen molar-refractivity contribution in [2.75, 3.05) is 0 Å². The maximum absolute atomic E-state index is 11.9. The molecule has 2 rings (SSSR count). The van der Waals surface area contributed by atoms with Crippen LogP contribution in [0.2, 0.25) is 0 Å². The fraction of sp³-hybridized carbons (Fsp3) is 0.550. The summed E-state index contributed by atoms with van der Waals surface area (Å²) in [4.78, 5) is 11.9. The van der Waals surface area contributed by atoms with E-state index < -0.39 is 12.1 Å². The highest BCUT2D eigenvalue weighted by Gasteiger charge is 2.22. The van der Waals surface area contributed by atoms with Crippen LogP contribution in [0.4, 0.5) is 0 Å². The first-order valence-corrected chi connectivity index (χ1v) is 8.90. The maximum Gasteiger partial charge on any atom is 0.336 e. The summed E-state index contributed by atoms with van der Waals surface area (Å²) in [6.07, 6.45) is 9.83. The molecule has 3 heteroatoms. The molecule has 23 heavy (non-hydrogen) atoms. The Bertz CT molecular complexity index is 519. The number of rotatable bonds is 2. The van der Waals surface area contributed by atoms with Crippen molar-refractivity contribution in [2.45, 2.75) is 70.3 Å². The minimum Gasteiger partial charge on any atom is -0.478 e. The number of carbonyl (C=O) groups is 1. The number of carboxylic acids is 1. The predicted molar refractivity (Wildman–Crippen MR) is 93.2 cm³/mol. The fourth-order valence-corrected chi connectivity index (χ4v) is 3.40. The maximum atomic E-state index is 11.9. The second-order valence-electron chi connectivity index (χ2n) is 6.45. The first-order chi connectivity index (χ1) is 11.2. The van der Waals surface area contributed by atoms with Gasteiger partial charge in [0.25, 0.3) is 0 Å². The van der Waals surface area contributed by atoms with E-state index in [0.29, 0.717) is 29.6 Å². The first-order valence-electron chi connectivity index (χ1n) is 8.90. The lowest BCUT2D eigenvalue weighted by molar-refractivity contribution is -0.130. The Morgan fingerprint density at radius 3 is 2.04 bits per heavy atom. The third kappa shape index (κ3) is 5.51. The zero-order valence-electron chi connectivity index (χ0n) is 13.8. The molecule has 0 aliphatic heterocycles. The van der Waals surface area contributed by atoms with Crippen molar-refractivity contribution in [3.8, 4) is 0 Å². The third-order valence-corrected chi connectivity index (χ3v) is 4.67. The van der Waals surface area contributed by atoms with Gasteiger partial charge in [0.2, 0.25) is 0 Å². The highest BCUT2D eigenvalue weighted by atomic mass is 16.4. The van der Waals surface area contributed by atoms with Gasteiger partial charge in [-0.2, -0.15) is 0 Å². The minimum absolute atomic E-state index is 0.301. The lowest BCUT2D eigenvalue weighted by atomic mass is 9.89. The number of aliphatic hydroxyl groups excluding tert-OH is 1. The Labute approximate surface area is 139 Å². The van der Waals surface area contributed by atoms with Gasteiger partial charge in [0.1, 0.15) is 0 Å². The van der Waals surface area contributed by atoms with E-state index >= 15 is 0 Å². The highest BCUT2D eigenvalue weighted by Crippen LogP contribution is 2.29. The van der Waals surface area contributed by atoms with E-state index in [1.54, 1.807) is 0 Å². The van der Waals surface area contributed by atoms with Crippen LogP contribution in [0.1, 0.15) is 69.8 Å². The summed E-state index contributed by atoms with van der Waals surface area (Å²) < 4.78 is 0. The Balaban J connectivity index is 2.30. The smallest absolute Gasteiger partial charge is 0.336 e. The van der Waals surface area contributed by atoms with Gasteiger partial charge in [-0.15, -0.1) is 0 Å². The molecule has 0 aromatic heterocycles.